The van der Waals surface area contributed by atoms with E-state index in [0.29, 0.717) is 5.41 Å². The third-order valence-electron chi connectivity index (χ3n) is 3.68. The highest BCUT2D eigenvalue weighted by Crippen LogP contribution is 2.34. The van der Waals surface area contributed by atoms with Crippen LogP contribution in [0.5, 0.6) is 0 Å². The zero-order chi connectivity index (χ0) is 15.3. The lowest BCUT2D eigenvalue weighted by atomic mass is 9.76. The highest BCUT2D eigenvalue weighted by molar-refractivity contribution is 5.87. The summed E-state index contributed by atoms with van der Waals surface area (Å²) >= 11 is 0. The maximum Gasteiger partial charge on any atom is 0.326 e. The Morgan fingerprint density at radius 1 is 1.30 bits per heavy atom. The highest BCUT2D eigenvalue weighted by Gasteiger charge is 2.28. The van der Waals surface area contributed by atoms with Gasteiger partial charge in [0.2, 0.25) is 5.91 Å². The van der Waals surface area contributed by atoms with E-state index in [-0.39, 0.29) is 6.04 Å². The van der Waals surface area contributed by atoms with Crippen molar-refractivity contribution in [2.75, 3.05) is 0 Å². The molecule has 1 rings (SSSR count). The maximum atomic E-state index is 11.7. The molecule has 1 fully saturated rings. The van der Waals surface area contributed by atoms with Gasteiger partial charge in [-0.05, 0) is 31.1 Å². The molecule has 1 aliphatic carbocycles. The second kappa shape index (κ2) is 6.58. The molecule has 0 unspecified atom stereocenters. The van der Waals surface area contributed by atoms with Crippen molar-refractivity contribution < 1.29 is 19.5 Å². The average Bonchev–Trinajstić information content (AvgIpc) is 2.30. The van der Waals surface area contributed by atoms with Gasteiger partial charge in [-0.2, -0.15) is 0 Å². The Morgan fingerprint density at radius 3 is 2.30 bits per heavy atom. The van der Waals surface area contributed by atoms with Gasteiger partial charge in [-0.15, -0.1) is 0 Å². The van der Waals surface area contributed by atoms with Gasteiger partial charge in [0, 0.05) is 6.04 Å². The van der Waals surface area contributed by atoms with E-state index in [2.05, 4.69) is 24.5 Å². The summed E-state index contributed by atoms with van der Waals surface area (Å²) in [6, 6.07) is -1.80. The van der Waals surface area contributed by atoms with Gasteiger partial charge in [0.05, 0.1) is 6.42 Å². The molecule has 0 radical (unpaired) electrons. The van der Waals surface area contributed by atoms with Crippen LogP contribution in [0.1, 0.15) is 46.0 Å². The zero-order valence-electron chi connectivity index (χ0n) is 11.9. The Morgan fingerprint density at radius 2 is 1.85 bits per heavy atom. The molecular weight excluding hydrogens is 262 g/mol. The summed E-state index contributed by atoms with van der Waals surface area (Å²) in [4.78, 5) is 33.4. The van der Waals surface area contributed by atoms with Crippen LogP contribution in [0, 0.1) is 5.41 Å². The first-order valence-corrected chi connectivity index (χ1v) is 6.78. The highest BCUT2D eigenvalue weighted by atomic mass is 16.4. The molecule has 114 valence electrons. The maximum absolute atomic E-state index is 11.7. The zero-order valence-corrected chi connectivity index (χ0v) is 11.9. The van der Waals surface area contributed by atoms with Gasteiger partial charge in [-0.25, -0.2) is 9.59 Å². The number of hydrogen-bond acceptors (Lipinski definition) is 3. The standard InChI is InChI=1S/C13H23N3O4/c1-13(2)5-3-8(4-6-13)15-12(20)16-9(11(18)19)7-10(14)17/h8-9H,3-7H2,1-2H3,(H2,14,17)(H,18,19)(H2,15,16,20)/t9-/m1/s1. The van der Waals surface area contributed by atoms with Gasteiger partial charge in [0.15, 0.2) is 0 Å². The van der Waals surface area contributed by atoms with Crippen molar-refractivity contribution in [1.29, 1.82) is 0 Å². The first-order chi connectivity index (χ1) is 9.19. The van der Waals surface area contributed by atoms with Crippen molar-refractivity contribution in [3.8, 4) is 0 Å². The lowest BCUT2D eigenvalue weighted by molar-refractivity contribution is -0.140. The van der Waals surface area contributed by atoms with Crippen LogP contribution in [0.4, 0.5) is 4.79 Å². The Bertz CT molecular complexity index is 385. The third-order valence-corrected chi connectivity index (χ3v) is 3.68. The molecule has 0 aromatic heterocycles. The quantitative estimate of drug-likeness (QED) is 0.590. The van der Waals surface area contributed by atoms with E-state index in [1.165, 1.54) is 0 Å². The lowest BCUT2D eigenvalue weighted by Crippen LogP contribution is -2.51. The van der Waals surface area contributed by atoms with Crippen LogP contribution in [-0.4, -0.2) is 35.1 Å². The van der Waals surface area contributed by atoms with Crippen molar-refractivity contribution in [3.05, 3.63) is 0 Å². The number of carboxylic acid groups (broad SMARTS) is 1. The topological polar surface area (TPSA) is 122 Å². The molecule has 0 saturated heterocycles. The summed E-state index contributed by atoms with van der Waals surface area (Å²) in [6.07, 6.45) is 3.35. The van der Waals surface area contributed by atoms with Gasteiger partial charge < -0.3 is 21.5 Å². The van der Waals surface area contributed by atoms with Crippen LogP contribution < -0.4 is 16.4 Å². The number of carbonyl (C=O) groups excluding carboxylic acids is 2. The van der Waals surface area contributed by atoms with E-state index < -0.39 is 30.4 Å². The summed E-state index contributed by atoms with van der Waals surface area (Å²) in [6.45, 7) is 4.38. The number of aliphatic carboxylic acids is 1. The van der Waals surface area contributed by atoms with E-state index in [0.717, 1.165) is 25.7 Å². The number of primary amides is 1. The van der Waals surface area contributed by atoms with E-state index in [4.69, 9.17) is 10.8 Å². The predicted molar refractivity (Wildman–Crippen MR) is 72.9 cm³/mol. The van der Waals surface area contributed by atoms with E-state index in [9.17, 15) is 14.4 Å². The van der Waals surface area contributed by atoms with Gasteiger partial charge in [0.25, 0.3) is 0 Å². The normalized spacial score (nSPS) is 19.9. The molecule has 20 heavy (non-hydrogen) atoms. The van der Waals surface area contributed by atoms with Gasteiger partial charge in [0.1, 0.15) is 6.04 Å². The monoisotopic (exact) mass is 285 g/mol. The van der Waals surface area contributed by atoms with Gasteiger partial charge in [-0.3, -0.25) is 4.79 Å². The van der Waals surface area contributed by atoms with Crippen molar-refractivity contribution >= 4 is 17.9 Å². The summed E-state index contributed by atoms with van der Waals surface area (Å²) in [7, 11) is 0. The number of carboxylic acids is 1. The van der Waals surface area contributed by atoms with Crippen molar-refractivity contribution in [2.45, 2.75) is 58.0 Å². The minimum absolute atomic E-state index is 0.0473. The van der Waals surface area contributed by atoms with E-state index >= 15 is 0 Å². The van der Waals surface area contributed by atoms with E-state index in [1.807, 2.05) is 0 Å². The molecule has 0 spiro atoms. The molecule has 3 amide bonds. The lowest BCUT2D eigenvalue weighted by Gasteiger charge is -2.34. The second-order valence-corrected chi connectivity index (χ2v) is 6.12. The molecule has 1 atom stereocenters. The smallest absolute Gasteiger partial charge is 0.326 e. The number of rotatable bonds is 5. The van der Waals surface area contributed by atoms with Crippen LogP contribution in [0.25, 0.3) is 0 Å². The fourth-order valence-corrected chi connectivity index (χ4v) is 2.33. The van der Waals surface area contributed by atoms with E-state index in [1.54, 1.807) is 0 Å². The molecule has 5 N–H and O–H groups in total. The molecule has 7 heteroatoms. The van der Waals surface area contributed by atoms with Crippen LogP contribution in [0.3, 0.4) is 0 Å². The van der Waals surface area contributed by atoms with Crippen molar-refractivity contribution in [1.82, 2.24) is 10.6 Å². The molecule has 0 bridgehead atoms. The van der Waals surface area contributed by atoms with Gasteiger partial charge in [-0.1, -0.05) is 13.8 Å². The molecule has 0 aliphatic heterocycles. The Hall–Kier alpha value is -1.79. The number of urea groups is 1. The summed E-state index contributed by atoms with van der Waals surface area (Å²) in [5, 5.41) is 13.9. The van der Waals surface area contributed by atoms with Crippen LogP contribution in [-0.2, 0) is 9.59 Å². The number of carbonyl (C=O) groups is 3. The predicted octanol–water partition coefficient (Wildman–Crippen LogP) is 0.583. The van der Waals surface area contributed by atoms with Gasteiger partial charge >= 0.3 is 12.0 Å². The number of nitrogens with one attached hydrogen (secondary N) is 2. The molecule has 1 saturated carbocycles. The minimum Gasteiger partial charge on any atom is -0.480 e. The first kappa shape index (κ1) is 16.3. The van der Waals surface area contributed by atoms with Crippen molar-refractivity contribution in [3.63, 3.8) is 0 Å². The van der Waals surface area contributed by atoms with Crippen LogP contribution >= 0.6 is 0 Å². The number of amides is 3. The van der Waals surface area contributed by atoms with Crippen LogP contribution in [0.15, 0.2) is 0 Å². The largest absolute Gasteiger partial charge is 0.480 e. The van der Waals surface area contributed by atoms with Crippen LogP contribution in [0.2, 0.25) is 0 Å². The summed E-state index contributed by atoms with van der Waals surface area (Å²) in [5.41, 5.74) is 5.24. The fraction of sp³-hybridized carbons (Fsp3) is 0.769. The molecule has 7 nitrogen and oxygen atoms in total. The molecule has 0 aromatic rings. The Kier molecular flexibility index (Phi) is 5.35. The molecule has 1 aliphatic rings. The molecular formula is C13H23N3O4. The Labute approximate surface area is 118 Å². The summed E-state index contributed by atoms with van der Waals surface area (Å²) in [5.74, 6) is -2.04. The number of nitrogens with two attached hydrogens (primary N) is 1. The Balaban J connectivity index is 2.42. The third kappa shape index (κ3) is 5.46. The minimum atomic E-state index is -1.28. The fourth-order valence-electron chi connectivity index (χ4n) is 2.33. The molecule has 0 heterocycles. The van der Waals surface area contributed by atoms with Crippen molar-refractivity contribution in [2.24, 2.45) is 11.1 Å². The first-order valence-electron chi connectivity index (χ1n) is 6.78. The summed E-state index contributed by atoms with van der Waals surface area (Å²) < 4.78 is 0. The SMILES string of the molecule is CC1(C)CCC(NC(=O)N[C@H](CC(N)=O)C(=O)O)CC1. The second-order valence-electron chi connectivity index (χ2n) is 6.12. The average molecular weight is 285 g/mol. The molecule has 0 aromatic carbocycles. The number of hydrogen-bond donors (Lipinski definition) is 4.